The number of nitrogens with one attached hydrogen (secondary N) is 1. The van der Waals surface area contributed by atoms with E-state index >= 15 is 0 Å². The summed E-state index contributed by atoms with van der Waals surface area (Å²) in [5.41, 5.74) is 9.06. The number of carbonyl (C=O) groups excluding carboxylic acids is 2. The van der Waals surface area contributed by atoms with Crippen molar-refractivity contribution in [3.8, 4) is 0 Å². The molecule has 3 aromatic carbocycles. The van der Waals surface area contributed by atoms with E-state index in [4.69, 9.17) is 10.5 Å². The van der Waals surface area contributed by atoms with E-state index in [-0.39, 0.29) is 29.8 Å². The first-order valence-corrected chi connectivity index (χ1v) is 14.2. The van der Waals surface area contributed by atoms with Crippen LogP contribution in [-0.2, 0) is 39.0 Å². The van der Waals surface area contributed by atoms with Crippen molar-refractivity contribution in [1.29, 1.82) is 0 Å². The largest absolute Gasteiger partial charge is 0.459 e. The minimum absolute atomic E-state index is 0.167. The number of fused-ring (bicyclic) bond motifs is 4. The van der Waals surface area contributed by atoms with Gasteiger partial charge in [0.2, 0.25) is 10.0 Å². The Bertz CT molecular complexity index is 1440. The fourth-order valence-electron chi connectivity index (χ4n) is 4.53. The molecule has 0 saturated carbocycles. The molecule has 1 amide bonds. The van der Waals surface area contributed by atoms with Gasteiger partial charge in [0.05, 0.1) is 18.0 Å². The van der Waals surface area contributed by atoms with E-state index in [1.165, 1.54) is 13.1 Å². The molecule has 1 aliphatic heterocycles. The SMILES string of the molecule is CN(c1cc2cc(c1)C(=O)N[C@@H](c1ccccc1)CCc1cccc(c1)C[C@@](C)(N)C(=O)OC2)S(C)(=O)=O. The molecule has 3 N–H and O–H groups in total. The summed E-state index contributed by atoms with van der Waals surface area (Å²) in [5, 5.41) is 3.12. The first-order valence-electron chi connectivity index (χ1n) is 12.4. The molecule has 200 valence electrons. The van der Waals surface area contributed by atoms with Gasteiger partial charge in [0.25, 0.3) is 5.91 Å². The molecule has 2 atom stereocenters. The van der Waals surface area contributed by atoms with Crippen molar-refractivity contribution in [2.75, 3.05) is 17.6 Å². The van der Waals surface area contributed by atoms with Crippen LogP contribution in [0, 0.1) is 0 Å². The average molecular weight is 536 g/mol. The van der Waals surface area contributed by atoms with E-state index in [2.05, 4.69) is 5.32 Å². The molecule has 0 radical (unpaired) electrons. The van der Waals surface area contributed by atoms with Crippen LogP contribution >= 0.6 is 0 Å². The smallest absolute Gasteiger partial charge is 0.326 e. The number of ether oxygens (including phenoxy) is 1. The van der Waals surface area contributed by atoms with Crippen LogP contribution in [0.25, 0.3) is 0 Å². The number of nitrogens with two attached hydrogens (primary N) is 1. The van der Waals surface area contributed by atoms with Gasteiger partial charge in [-0.1, -0.05) is 54.6 Å². The highest BCUT2D eigenvalue weighted by atomic mass is 32.2. The quantitative estimate of drug-likeness (QED) is 0.496. The van der Waals surface area contributed by atoms with E-state index in [1.807, 2.05) is 54.6 Å². The van der Waals surface area contributed by atoms with Crippen molar-refractivity contribution in [3.63, 3.8) is 0 Å². The highest BCUT2D eigenvalue weighted by Gasteiger charge is 2.31. The van der Waals surface area contributed by atoms with E-state index in [0.717, 1.165) is 27.3 Å². The number of hydrogen-bond donors (Lipinski definition) is 2. The van der Waals surface area contributed by atoms with Crippen LogP contribution in [0.2, 0.25) is 0 Å². The van der Waals surface area contributed by atoms with E-state index in [9.17, 15) is 18.0 Å². The number of aryl methyl sites for hydroxylation is 1. The zero-order chi connectivity index (χ0) is 27.5. The molecule has 0 aromatic heterocycles. The number of cyclic esters (lactones) is 1. The third-order valence-electron chi connectivity index (χ3n) is 6.73. The van der Waals surface area contributed by atoms with E-state index in [1.54, 1.807) is 19.1 Å². The van der Waals surface area contributed by atoms with E-state index in [0.29, 0.717) is 24.8 Å². The number of hydrogen-bond acceptors (Lipinski definition) is 6. The van der Waals surface area contributed by atoms with E-state index < -0.39 is 21.5 Å². The maximum absolute atomic E-state index is 13.5. The summed E-state index contributed by atoms with van der Waals surface area (Å²) < 4.78 is 31.1. The second-order valence-corrected chi connectivity index (χ2v) is 12.1. The predicted molar refractivity (Wildman–Crippen MR) is 147 cm³/mol. The zero-order valence-corrected chi connectivity index (χ0v) is 22.6. The number of amides is 1. The summed E-state index contributed by atoms with van der Waals surface area (Å²) >= 11 is 0. The van der Waals surface area contributed by atoms with Crippen LogP contribution in [0.4, 0.5) is 5.69 Å². The minimum atomic E-state index is -3.60. The molecule has 1 heterocycles. The van der Waals surface area contributed by atoms with Crippen LogP contribution in [0.3, 0.4) is 0 Å². The summed E-state index contributed by atoms with van der Waals surface area (Å²) in [6.45, 7) is 1.46. The van der Waals surface area contributed by atoms with Crippen molar-refractivity contribution in [2.45, 2.75) is 44.4 Å². The molecule has 0 fully saturated rings. The summed E-state index contributed by atoms with van der Waals surface area (Å²) in [7, 11) is -2.19. The Hall–Kier alpha value is -3.69. The summed E-state index contributed by atoms with van der Waals surface area (Å²) in [6, 6.07) is 22.1. The molecule has 0 unspecified atom stereocenters. The highest BCUT2D eigenvalue weighted by Crippen LogP contribution is 2.25. The first kappa shape index (κ1) is 27.3. The van der Waals surface area contributed by atoms with Crippen LogP contribution in [-0.4, -0.2) is 39.1 Å². The van der Waals surface area contributed by atoms with Crippen molar-refractivity contribution in [2.24, 2.45) is 5.73 Å². The first-order chi connectivity index (χ1) is 17.9. The van der Waals surface area contributed by atoms with Gasteiger partial charge in [0, 0.05) is 19.0 Å². The maximum atomic E-state index is 13.5. The maximum Gasteiger partial charge on any atom is 0.326 e. The Labute approximate surface area is 223 Å². The normalized spacial score (nSPS) is 20.8. The molecule has 4 rings (SSSR count). The van der Waals surface area contributed by atoms with Crippen LogP contribution in [0.1, 0.15) is 52.0 Å². The topological polar surface area (TPSA) is 119 Å². The Kier molecular flexibility index (Phi) is 7.89. The van der Waals surface area contributed by atoms with Crippen molar-refractivity contribution in [3.05, 3.63) is 101 Å². The van der Waals surface area contributed by atoms with Gasteiger partial charge in [0.15, 0.2) is 0 Å². The molecular formula is C29H33N3O5S. The van der Waals surface area contributed by atoms with Gasteiger partial charge in [-0.2, -0.15) is 0 Å². The van der Waals surface area contributed by atoms with Gasteiger partial charge >= 0.3 is 5.97 Å². The standard InChI is InChI=1S/C29H33N3O5S/c1-29(30)18-21-9-7-8-20(14-21)12-13-26(23-10-5-4-6-11-23)31-27(33)24-15-22(19-37-28(29)34)16-25(17-24)32(2)38(3,35)36/h4-11,14-17,26H,12-13,18-19,30H2,1-3H3,(H,31,33)/t26-,29-/m1/s1. The van der Waals surface area contributed by atoms with Crippen LogP contribution in [0.5, 0.6) is 0 Å². The number of nitrogens with zero attached hydrogens (tertiary/aromatic N) is 1. The molecule has 8 nitrogen and oxygen atoms in total. The molecule has 0 spiro atoms. The Balaban J connectivity index is 1.78. The molecule has 0 aliphatic carbocycles. The van der Waals surface area contributed by atoms with Gasteiger partial charge in [-0.05, 0) is 60.2 Å². The molecular weight excluding hydrogens is 502 g/mol. The second kappa shape index (κ2) is 11.0. The summed E-state index contributed by atoms with van der Waals surface area (Å²) in [4.78, 5) is 26.4. The molecule has 1 aliphatic rings. The Morgan fingerprint density at radius 2 is 1.68 bits per heavy atom. The predicted octanol–water partition coefficient (Wildman–Crippen LogP) is 3.50. The number of anilines is 1. The summed E-state index contributed by atoms with van der Waals surface area (Å²) in [6.07, 6.45) is 2.69. The van der Waals surface area contributed by atoms with Gasteiger partial charge < -0.3 is 15.8 Å². The zero-order valence-electron chi connectivity index (χ0n) is 21.8. The number of esters is 1. The molecule has 3 aromatic rings. The second-order valence-electron chi connectivity index (χ2n) is 10.1. The van der Waals surface area contributed by atoms with Crippen molar-refractivity contribution >= 4 is 27.6 Å². The van der Waals surface area contributed by atoms with Crippen LogP contribution in [0.15, 0.2) is 72.8 Å². The third kappa shape index (κ3) is 6.59. The van der Waals surface area contributed by atoms with Gasteiger partial charge in [-0.25, -0.2) is 8.42 Å². The van der Waals surface area contributed by atoms with Crippen molar-refractivity contribution < 1.29 is 22.7 Å². The molecule has 38 heavy (non-hydrogen) atoms. The lowest BCUT2D eigenvalue weighted by Crippen LogP contribution is -2.48. The number of carbonyl (C=O) groups is 2. The summed E-state index contributed by atoms with van der Waals surface area (Å²) in [5.74, 6) is -0.952. The van der Waals surface area contributed by atoms with Gasteiger partial charge in [-0.15, -0.1) is 0 Å². The Morgan fingerprint density at radius 1 is 0.974 bits per heavy atom. The number of benzene rings is 3. The fourth-order valence-corrected chi connectivity index (χ4v) is 5.02. The lowest BCUT2D eigenvalue weighted by molar-refractivity contribution is -0.150. The number of sulfonamides is 1. The lowest BCUT2D eigenvalue weighted by atomic mass is 9.91. The van der Waals surface area contributed by atoms with Gasteiger partial charge in [-0.3, -0.25) is 13.9 Å². The number of rotatable bonds is 3. The van der Waals surface area contributed by atoms with Crippen molar-refractivity contribution in [1.82, 2.24) is 5.32 Å². The monoisotopic (exact) mass is 535 g/mol. The molecule has 9 heteroatoms. The highest BCUT2D eigenvalue weighted by molar-refractivity contribution is 7.92. The third-order valence-corrected chi connectivity index (χ3v) is 7.93. The molecule has 0 saturated heterocycles. The minimum Gasteiger partial charge on any atom is -0.459 e. The average Bonchev–Trinajstić information content (AvgIpc) is 2.88. The van der Waals surface area contributed by atoms with Crippen LogP contribution < -0.4 is 15.4 Å². The fraction of sp³-hybridized carbons (Fsp3) is 0.310. The lowest BCUT2D eigenvalue weighted by Gasteiger charge is -2.25. The Morgan fingerprint density at radius 3 is 2.39 bits per heavy atom. The molecule has 4 bridgehead atoms. The van der Waals surface area contributed by atoms with Gasteiger partial charge in [0.1, 0.15) is 12.1 Å².